The molecule has 0 amide bonds. The first-order valence-electron chi connectivity index (χ1n) is 10.5. The molecule has 3 atom stereocenters. The Morgan fingerprint density at radius 3 is 2.37 bits per heavy atom. The smallest absolute Gasteiger partial charge is 0.336 e. The highest BCUT2D eigenvalue weighted by molar-refractivity contribution is 6.56. The highest BCUT2D eigenvalue weighted by atomic mass is 35.5. The van der Waals surface area contributed by atoms with Crippen molar-refractivity contribution in [2.24, 2.45) is 17.3 Å². The number of nitrogens with zero attached hydrogens (tertiary/aromatic N) is 2. The molecule has 178 valence electrons. The standard InChI is InChI=1S/C26H20Cl2N2O5/c1-26(2)19(11-12-22(31)34-21(15-30)24(27)28)23(26)25(32)35-20(14-29)16-7-6-10-18(13-16)33-17-8-4-3-5-9-17/h3-13,19-20,23H,1-2H3/b12-11-/t19-,20+,23-/m0/s1. The summed E-state index contributed by atoms with van der Waals surface area (Å²) in [5.41, 5.74) is -0.0401. The summed E-state index contributed by atoms with van der Waals surface area (Å²) in [6.45, 7) is 3.68. The number of halogens is 2. The van der Waals surface area contributed by atoms with Crippen molar-refractivity contribution in [3.8, 4) is 23.6 Å². The molecule has 0 aromatic heterocycles. The molecule has 9 heteroatoms. The van der Waals surface area contributed by atoms with Crippen molar-refractivity contribution in [3.05, 3.63) is 82.6 Å². The molecule has 0 radical (unpaired) electrons. The molecular formula is C26H20Cl2N2O5. The summed E-state index contributed by atoms with van der Waals surface area (Å²) in [5.74, 6) is -1.73. The van der Waals surface area contributed by atoms with Gasteiger partial charge in [0.25, 0.3) is 0 Å². The zero-order valence-electron chi connectivity index (χ0n) is 18.8. The fraction of sp³-hybridized carbons (Fsp3) is 0.231. The van der Waals surface area contributed by atoms with Crippen molar-refractivity contribution in [2.75, 3.05) is 0 Å². The molecule has 0 saturated heterocycles. The summed E-state index contributed by atoms with van der Waals surface area (Å²) in [4.78, 5) is 24.8. The normalized spacial score (nSPS) is 18.5. The molecule has 0 unspecified atom stereocenters. The molecule has 0 aliphatic heterocycles. The van der Waals surface area contributed by atoms with E-state index in [0.717, 1.165) is 6.08 Å². The molecule has 3 rings (SSSR count). The van der Waals surface area contributed by atoms with E-state index in [4.69, 9.17) is 42.7 Å². The Balaban J connectivity index is 1.66. The molecule has 0 bridgehead atoms. The topological polar surface area (TPSA) is 109 Å². The van der Waals surface area contributed by atoms with Gasteiger partial charge in [-0.25, -0.2) is 4.79 Å². The summed E-state index contributed by atoms with van der Waals surface area (Å²) in [5, 5.41) is 18.5. The quantitative estimate of drug-likeness (QED) is 0.182. The van der Waals surface area contributed by atoms with E-state index in [1.165, 1.54) is 6.08 Å². The van der Waals surface area contributed by atoms with Crippen LogP contribution in [-0.4, -0.2) is 11.9 Å². The molecule has 0 heterocycles. The highest BCUT2D eigenvalue weighted by Gasteiger charge is 2.61. The van der Waals surface area contributed by atoms with E-state index < -0.39 is 39.6 Å². The lowest BCUT2D eigenvalue weighted by Gasteiger charge is -2.13. The van der Waals surface area contributed by atoms with Crippen molar-refractivity contribution in [2.45, 2.75) is 20.0 Å². The summed E-state index contributed by atoms with van der Waals surface area (Å²) in [7, 11) is 0. The van der Waals surface area contributed by atoms with Crippen LogP contribution in [0.5, 0.6) is 11.5 Å². The van der Waals surface area contributed by atoms with Gasteiger partial charge in [0, 0.05) is 11.6 Å². The molecule has 1 aliphatic rings. The summed E-state index contributed by atoms with van der Waals surface area (Å²) in [6, 6.07) is 19.5. The molecule has 0 N–H and O–H groups in total. The lowest BCUT2D eigenvalue weighted by Crippen LogP contribution is -2.14. The van der Waals surface area contributed by atoms with Gasteiger partial charge in [-0.15, -0.1) is 0 Å². The van der Waals surface area contributed by atoms with E-state index in [2.05, 4.69) is 0 Å². The molecule has 2 aromatic rings. The summed E-state index contributed by atoms with van der Waals surface area (Å²) < 4.78 is 15.6. The lowest BCUT2D eigenvalue weighted by molar-refractivity contribution is -0.149. The Hall–Kier alpha value is -3.78. The Morgan fingerprint density at radius 1 is 1.06 bits per heavy atom. The van der Waals surface area contributed by atoms with Gasteiger partial charge in [0.05, 0.1) is 5.92 Å². The SMILES string of the molecule is CC1(C)[C@H](C(=O)O[C@H](C#N)c2cccc(Oc3ccccc3)c2)[C@@H]1/C=C\C(=O)OC(C#N)=C(Cl)Cl. The van der Waals surface area contributed by atoms with Gasteiger partial charge in [0.15, 0.2) is 4.49 Å². The zero-order chi connectivity index (χ0) is 25.6. The number of rotatable bonds is 8. The molecule has 1 saturated carbocycles. The number of hydrogen-bond donors (Lipinski definition) is 0. The fourth-order valence-corrected chi connectivity index (χ4v) is 3.79. The van der Waals surface area contributed by atoms with Crippen LogP contribution >= 0.6 is 23.2 Å². The largest absolute Gasteiger partial charge is 0.457 e. The number of ether oxygens (including phenoxy) is 3. The maximum absolute atomic E-state index is 12.9. The van der Waals surface area contributed by atoms with Crippen molar-refractivity contribution in [1.29, 1.82) is 10.5 Å². The fourth-order valence-electron chi connectivity index (χ4n) is 3.63. The van der Waals surface area contributed by atoms with Crippen LogP contribution in [-0.2, 0) is 19.1 Å². The lowest BCUT2D eigenvalue weighted by atomic mass is 10.1. The van der Waals surface area contributed by atoms with Crippen LogP contribution in [0.25, 0.3) is 0 Å². The molecule has 2 aromatic carbocycles. The van der Waals surface area contributed by atoms with Gasteiger partial charge in [-0.1, -0.05) is 73.5 Å². The van der Waals surface area contributed by atoms with Crippen LogP contribution in [0.15, 0.2) is 77.0 Å². The van der Waals surface area contributed by atoms with E-state index in [-0.39, 0.29) is 5.92 Å². The van der Waals surface area contributed by atoms with Crippen molar-refractivity contribution in [1.82, 2.24) is 0 Å². The first-order chi connectivity index (χ1) is 16.7. The predicted molar refractivity (Wildman–Crippen MR) is 128 cm³/mol. The van der Waals surface area contributed by atoms with E-state index in [1.54, 1.807) is 42.5 Å². The number of hydrogen-bond acceptors (Lipinski definition) is 7. The number of nitriles is 2. The van der Waals surface area contributed by atoms with Crippen LogP contribution < -0.4 is 4.74 Å². The number of para-hydroxylation sites is 1. The van der Waals surface area contributed by atoms with E-state index in [1.807, 2.05) is 38.1 Å². The van der Waals surface area contributed by atoms with Gasteiger partial charge in [-0.2, -0.15) is 10.5 Å². The second-order valence-corrected chi connectivity index (χ2v) is 9.19. The van der Waals surface area contributed by atoms with Crippen molar-refractivity contribution < 1.29 is 23.8 Å². The van der Waals surface area contributed by atoms with Crippen molar-refractivity contribution >= 4 is 35.1 Å². The molecule has 0 spiro atoms. The summed E-state index contributed by atoms with van der Waals surface area (Å²) >= 11 is 10.9. The van der Waals surface area contributed by atoms with Gasteiger partial charge in [0.1, 0.15) is 23.6 Å². The maximum Gasteiger partial charge on any atom is 0.336 e. The molecule has 1 fully saturated rings. The van der Waals surface area contributed by atoms with Crippen LogP contribution in [0.2, 0.25) is 0 Å². The Kier molecular flexibility index (Phi) is 8.19. The Labute approximate surface area is 212 Å². The first-order valence-corrected chi connectivity index (χ1v) is 11.2. The minimum absolute atomic E-state index is 0.337. The van der Waals surface area contributed by atoms with E-state index >= 15 is 0 Å². The number of allylic oxidation sites excluding steroid dienone is 2. The van der Waals surface area contributed by atoms with E-state index in [0.29, 0.717) is 17.1 Å². The second-order valence-electron chi connectivity index (χ2n) is 8.24. The van der Waals surface area contributed by atoms with Crippen LogP contribution in [0.3, 0.4) is 0 Å². The Morgan fingerprint density at radius 2 is 1.74 bits per heavy atom. The van der Waals surface area contributed by atoms with Crippen LogP contribution in [0.4, 0.5) is 0 Å². The van der Waals surface area contributed by atoms with Gasteiger partial charge in [-0.3, -0.25) is 4.79 Å². The van der Waals surface area contributed by atoms with Gasteiger partial charge < -0.3 is 14.2 Å². The van der Waals surface area contributed by atoms with Gasteiger partial charge in [0.2, 0.25) is 11.9 Å². The highest BCUT2D eigenvalue weighted by Crippen LogP contribution is 2.59. The van der Waals surface area contributed by atoms with Crippen molar-refractivity contribution in [3.63, 3.8) is 0 Å². The first kappa shape index (κ1) is 25.8. The number of carbonyl (C=O) groups is 2. The average molecular weight is 511 g/mol. The second kappa shape index (κ2) is 11.1. The molecular weight excluding hydrogens is 491 g/mol. The molecule has 7 nitrogen and oxygen atoms in total. The van der Waals surface area contributed by atoms with Crippen LogP contribution in [0.1, 0.15) is 25.5 Å². The monoisotopic (exact) mass is 510 g/mol. The number of carbonyl (C=O) groups excluding carboxylic acids is 2. The predicted octanol–water partition coefficient (Wildman–Crippen LogP) is 6.13. The third-order valence-electron chi connectivity index (χ3n) is 5.57. The number of benzene rings is 2. The zero-order valence-corrected chi connectivity index (χ0v) is 20.3. The van der Waals surface area contributed by atoms with Crippen LogP contribution in [0, 0.1) is 39.9 Å². The third kappa shape index (κ3) is 6.42. The molecule has 1 aliphatic carbocycles. The third-order valence-corrected chi connectivity index (χ3v) is 5.91. The number of esters is 2. The summed E-state index contributed by atoms with van der Waals surface area (Å²) in [6.07, 6.45) is 1.46. The minimum Gasteiger partial charge on any atom is -0.457 e. The van der Waals surface area contributed by atoms with Gasteiger partial charge >= 0.3 is 11.9 Å². The maximum atomic E-state index is 12.9. The Bertz CT molecular complexity index is 1250. The molecule has 35 heavy (non-hydrogen) atoms. The van der Waals surface area contributed by atoms with Gasteiger partial charge in [-0.05, 0) is 35.6 Å². The average Bonchev–Trinajstić information content (AvgIpc) is 3.40. The minimum atomic E-state index is -1.14. The van der Waals surface area contributed by atoms with E-state index in [9.17, 15) is 14.9 Å².